The van der Waals surface area contributed by atoms with Gasteiger partial charge in [0.25, 0.3) is 0 Å². The fraction of sp³-hybridized carbons (Fsp3) is 0.231. The van der Waals surface area contributed by atoms with E-state index >= 15 is 0 Å². The number of rotatable bonds is 5. The predicted octanol–water partition coefficient (Wildman–Crippen LogP) is 0.382. The Balaban J connectivity index is 2.13. The van der Waals surface area contributed by atoms with Gasteiger partial charge in [0.2, 0.25) is 5.91 Å². The van der Waals surface area contributed by atoms with E-state index in [9.17, 15) is 14.7 Å². The van der Waals surface area contributed by atoms with E-state index in [0.29, 0.717) is 11.3 Å². The Morgan fingerprint density at radius 2 is 2.19 bits per heavy atom. The van der Waals surface area contributed by atoms with Crippen molar-refractivity contribution in [3.63, 3.8) is 0 Å². The molecule has 0 aliphatic heterocycles. The maximum absolute atomic E-state index is 11.9. The number of nitrogens with two attached hydrogens (primary N) is 1. The van der Waals surface area contributed by atoms with Gasteiger partial charge in [-0.05, 0) is 18.6 Å². The fourth-order valence-electron chi connectivity index (χ4n) is 1.90. The number of carbonyl (C=O) groups is 2. The van der Waals surface area contributed by atoms with Gasteiger partial charge in [-0.1, -0.05) is 17.3 Å². The van der Waals surface area contributed by atoms with Gasteiger partial charge >= 0.3 is 5.97 Å². The second-order valence-corrected chi connectivity index (χ2v) is 4.46. The molecule has 21 heavy (non-hydrogen) atoms. The molecule has 0 aliphatic rings. The zero-order chi connectivity index (χ0) is 15.4. The van der Waals surface area contributed by atoms with E-state index < -0.39 is 11.9 Å². The van der Waals surface area contributed by atoms with Crippen molar-refractivity contribution in [3.05, 3.63) is 41.2 Å². The second-order valence-electron chi connectivity index (χ2n) is 4.46. The fourth-order valence-corrected chi connectivity index (χ4v) is 1.90. The Morgan fingerprint density at radius 3 is 2.81 bits per heavy atom. The lowest BCUT2D eigenvalue weighted by atomic mass is 10.1. The Labute approximate surface area is 120 Å². The van der Waals surface area contributed by atoms with Gasteiger partial charge in [0.15, 0.2) is 0 Å². The maximum Gasteiger partial charge on any atom is 0.338 e. The smallest absolute Gasteiger partial charge is 0.338 e. The van der Waals surface area contributed by atoms with Gasteiger partial charge in [-0.3, -0.25) is 4.79 Å². The summed E-state index contributed by atoms with van der Waals surface area (Å²) < 4.78 is 1.34. The van der Waals surface area contributed by atoms with Crippen molar-refractivity contribution in [1.82, 2.24) is 15.0 Å². The van der Waals surface area contributed by atoms with Crippen molar-refractivity contribution in [2.75, 3.05) is 5.32 Å². The van der Waals surface area contributed by atoms with Crippen LogP contribution in [0.5, 0.6) is 0 Å². The normalized spacial score (nSPS) is 10.4. The molecule has 0 atom stereocenters. The average molecular weight is 289 g/mol. The molecule has 0 fully saturated rings. The van der Waals surface area contributed by atoms with Gasteiger partial charge in [-0.15, -0.1) is 5.10 Å². The third-order valence-corrected chi connectivity index (χ3v) is 2.86. The van der Waals surface area contributed by atoms with Crippen molar-refractivity contribution < 1.29 is 14.7 Å². The monoisotopic (exact) mass is 289 g/mol. The number of carbonyl (C=O) groups excluding carboxylic acids is 1. The van der Waals surface area contributed by atoms with Crippen LogP contribution in [0.25, 0.3) is 0 Å². The van der Waals surface area contributed by atoms with Crippen LogP contribution in [0.1, 0.15) is 21.6 Å². The minimum atomic E-state index is -1.09. The number of nitrogens with zero attached hydrogens (tertiary/aromatic N) is 3. The van der Waals surface area contributed by atoms with Gasteiger partial charge in [0, 0.05) is 6.54 Å². The number of nitrogens with one attached hydrogen (secondary N) is 1. The quantitative estimate of drug-likeness (QED) is 0.731. The lowest BCUT2D eigenvalue weighted by Gasteiger charge is -2.10. The van der Waals surface area contributed by atoms with E-state index in [-0.39, 0.29) is 24.3 Å². The largest absolute Gasteiger partial charge is 0.478 e. The first-order valence-corrected chi connectivity index (χ1v) is 6.23. The summed E-state index contributed by atoms with van der Waals surface area (Å²) in [7, 11) is 0. The van der Waals surface area contributed by atoms with Crippen LogP contribution in [-0.4, -0.2) is 32.0 Å². The molecule has 1 amide bonds. The molecule has 0 saturated carbocycles. The van der Waals surface area contributed by atoms with Crippen molar-refractivity contribution >= 4 is 17.6 Å². The number of carboxylic acids is 1. The van der Waals surface area contributed by atoms with Crippen LogP contribution in [0, 0.1) is 6.92 Å². The van der Waals surface area contributed by atoms with Crippen LogP contribution in [0.15, 0.2) is 24.4 Å². The van der Waals surface area contributed by atoms with E-state index in [1.54, 1.807) is 31.3 Å². The number of amides is 1. The van der Waals surface area contributed by atoms with Crippen LogP contribution in [0.4, 0.5) is 5.69 Å². The summed E-state index contributed by atoms with van der Waals surface area (Å²) in [6.07, 6.45) is 1.56. The summed E-state index contributed by atoms with van der Waals surface area (Å²) in [5.41, 5.74) is 6.89. The SMILES string of the molecule is Cc1cccc(NC(=O)Cn2cc(CN)nn2)c1C(=O)O. The molecular weight excluding hydrogens is 274 g/mol. The lowest BCUT2D eigenvalue weighted by Crippen LogP contribution is -2.21. The summed E-state index contributed by atoms with van der Waals surface area (Å²) in [4.78, 5) is 23.2. The number of aromatic carboxylic acids is 1. The molecule has 8 nitrogen and oxygen atoms in total. The Hall–Kier alpha value is -2.74. The second kappa shape index (κ2) is 6.14. The number of aryl methyl sites for hydroxylation is 1. The molecule has 110 valence electrons. The van der Waals surface area contributed by atoms with E-state index in [2.05, 4.69) is 15.6 Å². The first kappa shape index (κ1) is 14.7. The van der Waals surface area contributed by atoms with Crippen LogP contribution < -0.4 is 11.1 Å². The van der Waals surface area contributed by atoms with Crippen LogP contribution in [0.2, 0.25) is 0 Å². The van der Waals surface area contributed by atoms with Gasteiger partial charge in [0.1, 0.15) is 6.54 Å². The molecule has 0 unspecified atom stereocenters. The highest BCUT2D eigenvalue weighted by atomic mass is 16.4. The van der Waals surface area contributed by atoms with Crippen molar-refractivity contribution in [1.29, 1.82) is 0 Å². The van der Waals surface area contributed by atoms with E-state index in [1.807, 2.05) is 0 Å². The topological polar surface area (TPSA) is 123 Å². The van der Waals surface area contributed by atoms with Crippen LogP contribution >= 0.6 is 0 Å². The lowest BCUT2D eigenvalue weighted by molar-refractivity contribution is -0.116. The molecule has 0 bridgehead atoms. The number of hydrogen-bond acceptors (Lipinski definition) is 5. The van der Waals surface area contributed by atoms with Crippen molar-refractivity contribution in [2.45, 2.75) is 20.0 Å². The van der Waals surface area contributed by atoms with E-state index in [0.717, 1.165) is 0 Å². The molecule has 2 rings (SSSR count). The molecule has 0 radical (unpaired) electrons. The minimum absolute atomic E-state index is 0.0694. The van der Waals surface area contributed by atoms with Crippen molar-refractivity contribution in [2.24, 2.45) is 5.73 Å². The summed E-state index contributed by atoms with van der Waals surface area (Å²) >= 11 is 0. The highest BCUT2D eigenvalue weighted by Gasteiger charge is 2.15. The standard InChI is InChI=1S/C13H15N5O3/c1-8-3-2-4-10(12(8)13(20)21)15-11(19)7-18-6-9(5-14)16-17-18/h2-4,6H,5,7,14H2,1H3,(H,15,19)(H,20,21). The molecular formula is C13H15N5O3. The number of hydrogen-bond donors (Lipinski definition) is 3. The molecule has 1 heterocycles. The molecule has 0 spiro atoms. The molecule has 8 heteroatoms. The molecule has 4 N–H and O–H groups in total. The number of benzene rings is 1. The summed E-state index contributed by atoms with van der Waals surface area (Å²) in [6, 6.07) is 4.89. The van der Waals surface area contributed by atoms with Crippen molar-refractivity contribution in [3.8, 4) is 0 Å². The minimum Gasteiger partial charge on any atom is -0.478 e. The van der Waals surface area contributed by atoms with Crippen LogP contribution in [-0.2, 0) is 17.9 Å². The summed E-state index contributed by atoms with van der Waals surface area (Å²) in [5.74, 6) is -1.48. The third-order valence-electron chi connectivity index (χ3n) is 2.86. The van der Waals surface area contributed by atoms with Crippen LogP contribution in [0.3, 0.4) is 0 Å². The average Bonchev–Trinajstić information content (AvgIpc) is 2.85. The Kier molecular flexibility index (Phi) is 4.29. The van der Waals surface area contributed by atoms with Gasteiger partial charge in [-0.25, -0.2) is 9.48 Å². The molecule has 0 saturated heterocycles. The highest BCUT2D eigenvalue weighted by Crippen LogP contribution is 2.19. The van der Waals surface area contributed by atoms with E-state index in [4.69, 9.17) is 5.73 Å². The Morgan fingerprint density at radius 1 is 1.43 bits per heavy atom. The molecule has 1 aromatic carbocycles. The summed E-state index contributed by atoms with van der Waals surface area (Å²) in [6.45, 7) is 1.84. The third kappa shape index (κ3) is 3.42. The molecule has 0 aliphatic carbocycles. The first-order valence-electron chi connectivity index (χ1n) is 6.23. The molecule has 2 aromatic rings. The van der Waals surface area contributed by atoms with Gasteiger partial charge in [0.05, 0.1) is 23.1 Å². The first-order chi connectivity index (χ1) is 10.0. The van der Waals surface area contributed by atoms with E-state index in [1.165, 1.54) is 4.68 Å². The predicted molar refractivity (Wildman–Crippen MR) is 74.7 cm³/mol. The highest BCUT2D eigenvalue weighted by molar-refractivity contribution is 6.01. The Bertz CT molecular complexity index is 680. The number of anilines is 1. The molecule has 1 aromatic heterocycles. The zero-order valence-electron chi connectivity index (χ0n) is 11.4. The number of aromatic nitrogens is 3. The zero-order valence-corrected chi connectivity index (χ0v) is 11.4. The maximum atomic E-state index is 11.9. The summed E-state index contributed by atoms with van der Waals surface area (Å²) in [5, 5.41) is 19.3. The van der Waals surface area contributed by atoms with Gasteiger partial charge in [-0.2, -0.15) is 0 Å². The van der Waals surface area contributed by atoms with Gasteiger partial charge < -0.3 is 16.2 Å². The number of carboxylic acid groups (broad SMARTS) is 1.